The summed E-state index contributed by atoms with van der Waals surface area (Å²) in [5.41, 5.74) is 2.14. The summed E-state index contributed by atoms with van der Waals surface area (Å²) in [7, 11) is 6.57. The largest absolute Gasteiger partial charge is 0.493 e. The van der Waals surface area contributed by atoms with Crippen molar-refractivity contribution in [1.82, 2.24) is 4.90 Å². The number of aliphatic hydroxyl groups is 1. The molecule has 2 aliphatic rings. The van der Waals surface area contributed by atoms with Crippen molar-refractivity contribution >= 4 is 21.5 Å². The molecule has 0 radical (unpaired) electrons. The number of nitrogens with zero attached hydrogens (tertiary/aromatic N) is 1. The number of hydrogen-bond donors (Lipinski definition) is 1. The van der Waals surface area contributed by atoms with Crippen molar-refractivity contribution in [3.05, 3.63) is 35.4 Å². The average Bonchev–Trinajstić information content (AvgIpc) is 3.26. The first-order valence-electron chi connectivity index (χ1n) is 10.3. The number of benzene rings is 3. The summed E-state index contributed by atoms with van der Waals surface area (Å²) in [5, 5.41) is 15.6. The third-order valence-corrected chi connectivity index (χ3v) is 6.71. The fourth-order valence-corrected chi connectivity index (χ4v) is 5.29. The van der Waals surface area contributed by atoms with E-state index in [-0.39, 0.29) is 6.04 Å². The van der Waals surface area contributed by atoms with E-state index in [1.54, 1.807) is 28.4 Å². The number of ether oxygens (including phenoxy) is 4. The molecular formula is C24H27NO5. The Hall–Kier alpha value is -2.70. The van der Waals surface area contributed by atoms with E-state index < -0.39 is 6.10 Å². The molecule has 0 aromatic heterocycles. The molecule has 0 amide bonds. The maximum Gasteiger partial charge on any atom is 0.161 e. The highest BCUT2D eigenvalue weighted by atomic mass is 16.5. The molecule has 0 saturated carbocycles. The van der Waals surface area contributed by atoms with Gasteiger partial charge in [0.05, 0.1) is 34.5 Å². The van der Waals surface area contributed by atoms with E-state index in [0.29, 0.717) is 23.0 Å². The van der Waals surface area contributed by atoms with Gasteiger partial charge in [-0.25, -0.2) is 0 Å². The molecule has 1 fully saturated rings. The Morgan fingerprint density at radius 2 is 1.27 bits per heavy atom. The van der Waals surface area contributed by atoms with Crippen LogP contribution in [0, 0.1) is 0 Å². The summed E-state index contributed by atoms with van der Waals surface area (Å²) < 4.78 is 22.4. The van der Waals surface area contributed by atoms with Crippen LogP contribution in [0.2, 0.25) is 0 Å². The molecule has 158 valence electrons. The molecule has 0 bridgehead atoms. The van der Waals surface area contributed by atoms with Crippen molar-refractivity contribution in [1.29, 1.82) is 0 Å². The lowest BCUT2D eigenvalue weighted by atomic mass is 9.83. The van der Waals surface area contributed by atoms with Crippen molar-refractivity contribution < 1.29 is 24.1 Å². The van der Waals surface area contributed by atoms with Crippen LogP contribution < -0.4 is 18.9 Å². The van der Waals surface area contributed by atoms with Crippen LogP contribution in [0.4, 0.5) is 0 Å². The highest BCUT2D eigenvalue weighted by Gasteiger charge is 2.39. The number of hydrogen-bond acceptors (Lipinski definition) is 6. The lowest BCUT2D eigenvalue weighted by Gasteiger charge is -2.37. The third-order valence-electron chi connectivity index (χ3n) is 6.71. The van der Waals surface area contributed by atoms with E-state index in [0.717, 1.165) is 58.6 Å². The Morgan fingerprint density at radius 3 is 1.83 bits per heavy atom. The molecule has 5 rings (SSSR count). The van der Waals surface area contributed by atoms with E-state index in [4.69, 9.17) is 18.9 Å². The minimum atomic E-state index is -0.547. The highest BCUT2D eigenvalue weighted by Crippen LogP contribution is 2.48. The Morgan fingerprint density at radius 1 is 0.767 bits per heavy atom. The van der Waals surface area contributed by atoms with Gasteiger partial charge in [-0.15, -0.1) is 0 Å². The number of rotatable bonds is 4. The molecular weight excluding hydrogens is 382 g/mol. The molecule has 6 nitrogen and oxygen atoms in total. The maximum atomic E-state index is 11.4. The van der Waals surface area contributed by atoms with Gasteiger partial charge in [-0.05, 0) is 76.3 Å². The lowest BCUT2D eigenvalue weighted by Crippen LogP contribution is -2.39. The van der Waals surface area contributed by atoms with Gasteiger partial charge < -0.3 is 24.1 Å². The maximum absolute atomic E-state index is 11.4. The predicted molar refractivity (Wildman–Crippen MR) is 116 cm³/mol. The Bertz CT molecular complexity index is 1140. The van der Waals surface area contributed by atoms with Crippen LogP contribution >= 0.6 is 0 Å². The van der Waals surface area contributed by atoms with Gasteiger partial charge in [0.15, 0.2) is 23.0 Å². The van der Waals surface area contributed by atoms with Gasteiger partial charge in [-0.2, -0.15) is 0 Å². The monoisotopic (exact) mass is 409 g/mol. The van der Waals surface area contributed by atoms with Crippen molar-refractivity contribution in [3.63, 3.8) is 0 Å². The molecule has 1 saturated heterocycles. The minimum absolute atomic E-state index is 0.159. The molecule has 3 aromatic carbocycles. The quantitative estimate of drug-likeness (QED) is 0.657. The van der Waals surface area contributed by atoms with Crippen LogP contribution in [0.1, 0.15) is 30.1 Å². The zero-order chi connectivity index (χ0) is 21.0. The van der Waals surface area contributed by atoms with Crippen LogP contribution in [0.25, 0.3) is 21.5 Å². The van der Waals surface area contributed by atoms with E-state index in [1.165, 1.54) is 0 Å². The van der Waals surface area contributed by atoms with Crippen LogP contribution in [-0.2, 0) is 6.54 Å². The first-order valence-corrected chi connectivity index (χ1v) is 10.3. The first-order chi connectivity index (χ1) is 14.6. The van der Waals surface area contributed by atoms with Crippen LogP contribution in [-0.4, -0.2) is 51.0 Å². The van der Waals surface area contributed by atoms with Crippen molar-refractivity contribution in [2.75, 3.05) is 35.0 Å². The first kappa shape index (κ1) is 19.3. The van der Waals surface area contributed by atoms with Gasteiger partial charge >= 0.3 is 0 Å². The van der Waals surface area contributed by atoms with E-state index >= 15 is 0 Å². The van der Waals surface area contributed by atoms with Crippen LogP contribution in [0.5, 0.6) is 23.0 Å². The van der Waals surface area contributed by atoms with E-state index in [9.17, 15) is 5.11 Å². The van der Waals surface area contributed by atoms with Crippen molar-refractivity contribution in [2.45, 2.75) is 31.5 Å². The Kier molecular flexibility index (Phi) is 4.64. The van der Waals surface area contributed by atoms with Crippen molar-refractivity contribution in [3.8, 4) is 23.0 Å². The summed E-state index contributed by atoms with van der Waals surface area (Å²) in [4.78, 5) is 2.40. The summed E-state index contributed by atoms with van der Waals surface area (Å²) in [6, 6.07) is 8.21. The van der Waals surface area contributed by atoms with E-state index in [1.807, 2.05) is 24.3 Å². The molecule has 0 aliphatic carbocycles. The fourth-order valence-electron chi connectivity index (χ4n) is 5.29. The van der Waals surface area contributed by atoms with Gasteiger partial charge in [0.25, 0.3) is 0 Å². The van der Waals surface area contributed by atoms with E-state index in [2.05, 4.69) is 4.90 Å². The smallest absolute Gasteiger partial charge is 0.161 e. The SMILES string of the molecule is COc1cc2c3c(c4cc(OC)c(OC)cc4c2cc1OC)[C@H](O)C1CCCN1C3. The molecule has 1 N–H and O–H groups in total. The molecule has 6 heteroatoms. The van der Waals surface area contributed by atoms with Gasteiger partial charge in [0, 0.05) is 12.6 Å². The minimum Gasteiger partial charge on any atom is -0.493 e. The Labute approximate surface area is 175 Å². The zero-order valence-corrected chi connectivity index (χ0v) is 17.8. The standard InChI is InChI=1S/C24H27NO5/c1-27-19-8-13-14-9-20(28-2)22(30-4)11-16(14)23-17(15(13)10-21(19)29-3)12-25-7-5-6-18(25)24(23)26/h8-11,18,24,26H,5-7,12H2,1-4H3/t18?,24-/m1/s1. The summed E-state index contributed by atoms with van der Waals surface area (Å²) >= 11 is 0. The van der Waals surface area contributed by atoms with Gasteiger partial charge in [0.2, 0.25) is 0 Å². The molecule has 3 aromatic rings. The molecule has 30 heavy (non-hydrogen) atoms. The average molecular weight is 409 g/mol. The third kappa shape index (κ3) is 2.63. The predicted octanol–water partition coefficient (Wildman–Crippen LogP) is 4.04. The van der Waals surface area contributed by atoms with Gasteiger partial charge in [-0.3, -0.25) is 4.90 Å². The highest BCUT2D eigenvalue weighted by molar-refractivity contribution is 6.13. The topological polar surface area (TPSA) is 60.4 Å². The molecule has 0 spiro atoms. The summed E-state index contributed by atoms with van der Waals surface area (Å²) in [6.07, 6.45) is 1.58. The molecule has 1 unspecified atom stereocenters. The fraction of sp³-hybridized carbons (Fsp3) is 0.417. The van der Waals surface area contributed by atoms with Crippen molar-refractivity contribution in [2.24, 2.45) is 0 Å². The zero-order valence-electron chi connectivity index (χ0n) is 17.8. The second kappa shape index (κ2) is 7.22. The molecule has 2 aliphatic heterocycles. The number of aliphatic hydroxyl groups excluding tert-OH is 1. The summed E-state index contributed by atoms with van der Waals surface area (Å²) in [5.74, 6) is 2.68. The summed E-state index contributed by atoms with van der Waals surface area (Å²) in [6.45, 7) is 1.83. The van der Waals surface area contributed by atoms with Crippen LogP contribution in [0.3, 0.4) is 0 Å². The second-order valence-electron chi connectivity index (χ2n) is 8.02. The second-order valence-corrected chi connectivity index (χ2v) is 8.02. The van der Waals surface area contributed by atoms with Gasteiger partial charge in [0.1, 0.15) is 0 Å². The number of fused-ring (bicyclic) bond motifs is 7. The molecule has 2 atom stereocenters. The molecule has 2 heterocycles. The van der Waals surface area contributed by atoms with Crippen LogP contribution in [0.15, 0.2) is 24.3 Å². The number of methoxy groups -OCH3 is 4. The Balaban J connectivity index is 1.94. The lowest BCUT2D eigenvalue weighted by molar-refractivity contribution is 0.0552. The van der Waals surface area contributed by atoms with Gasteiger partial charge in [-0.1, -0.05) is 0 Å². The normalized spacial score (nSPS) is 20.8.